The van der Waals surface area contributed by atoms with E-state index in [1.54, 1.807) is 0 Å². The number of nitrogens with zero attached hydrogens (tertiary/aromatic N) is 2. The minimum atomic E-state index is -3.62. The molecule has 1 heterocycles. The zero-order valence-corrected chi connectivity index (χ0v) is 17.7. The van der Waals surface area contributed by atoms with Crippen LogP contribution >= 0.6 is 0 Å². The molecule has 0 radical (unpaired) electrons. The number of carbonyl (C=O) groups is 1. The predicted octanol–water partition coefficient (Wildman–Crippen LogP) is 1.64. The van der Waals surface area contributed by atoms with E-state index < -0.39 is 15.8 Å². The van der Waals surface area contributed by atoms with Crippen molar-refractivity contribution in [3.05, 3.63) is 59.9 Å². The first-order valence-electron chi connectivity index (χ1n) is 9.79. The Hall–Kier alpha value is -2.49. The second-order valence-electron chi connectivity index (χ2n) is 7.15. The molecular formula is C21H26FN3O4S. The molecule has 0 saturated carbocycles. The standard InChI is InChI=1S/C21H26FN3O4S/c1-17-2-6-19(7-3-17)29-16-21(26)23-10-11-24-12-14-25(15-13-24)30(27,28)20-8-4-18(22)5-9-20/h2-9H,10-16H2,1H3,(H,23,26). The van der Waals surface area contributed by atoms with Crippen molar-refractivity contribution in [3.8, 4) is 5.75 Å². The summed E-state index contributed by atoms with van der Waals surface area (Å²) in [6, 6.07) is 12.3. The van der Waals surface area contributed by atoms with Gasteiger partial charge in [0.1, 0.15) is 11.6 Å². The molecule has 0 bridgehead atoms. The first kappa shape index (κ1) is 22.2. The van der Waals surface area contributed by atoms with Crippen LogP contribution in [0.1, 0.15) is 5.56 Å². The van der Waals surface area contributed by atoms with Gasteiger partial charge in [0, 0.05) is 39.3 Å². The number of hydrogen-bond acceptors (Lipinski definition) is 5. The van der Waals surface area contributed by atoms with Crippen LogP contribution in [-0.4, -0.2) is 69.4 Å². The molecule has 1 aliphatic heterocycles. The quantitative estimate of drug-likeness (QED) is 0.682. The van der Waals surface area contributed by atoms with Crippen molar-refractivity contribution in [2.45, 2.75) is 11.8 Å². The number of benzene rings is 2. The maximum absolute atomic E-state index is 13.0. The molecule has 1 amide bonds. The van der Waals surface area contributed by atoms with E-state index >= 15 is 0 Å². The van der Waals surface area contributed by atoms with Crippen LogP contribution in [0.2, 0.25) is 0 Å². The first-order chi connectivity index (χ1) is 14.3. The zero-order valence-electron chi connectivity index (χ0n) is 16.9. The van der Waals surface area contributed by atoms with E-state index in [-0.39, 0.29) is 17.4 Å². The van der Waals surface area contributed by atoms with E-state index in [0.717, 1.165) is 17.7 Å². The largest absolute Gasteiger partial charge is 0.484 e. The highest BCUT2D eigenvalue weighted by Gasteiger charge is 2.28. The highest BCUT2D eigenvalue weighted by Crippen LogP contribution is 2.18. The Morgan fingerprint density at radius 1 is 1.03 bits per heavy atom. The van der Waals surface area contributed by atoms with Crippen LogP contribution in [-0.2, 0) is 14.8 Å². The molecule has 7 nitrogen and oxygen atoms in total. The van der Waals surface area contributed by atoms with Gasteiger partial charge >= 0.3 is 0 Å². The van der Waals surface area contributed by atoms with Crippen LogP contribution in [0.4, 0.5) is 4.39 Å². The molecule has 1 N–H and O–H groups in total. The Bertz CT molecular complexity index is 941. The van der Waals surface area contributed by atoms with Crippen LogP contribution < -0.4 is 10.1 Å². The number of carbonyl (C=O) groups excluding carboxylic acids is 1. The summed E-state index contributed by atoms with van der Waals surface area (Å²) in [5.74, 6) is -0.0209. The number of rotatable bonds is 8. The second-order valence-corrected chi connectivity index (χ2v) is 9.09. The van der Waals surface area contributed by atoms with Gasteiger partial charge in [-0.25, -0.2) is 12.8 Å². The van der Waals surface area contributed by atoms with Crippen molar-refractivity contribution in [2.75, 3.05) is 45.9 Å². The van der Waals surface area contributed by atoms with Gasteiger partial charge in [0.25, 0.3) is 5.91 Å². The maximum atomic E-state index is 13.0. The second kappa shape index (κ2) is 10.0. The summed E-state index contributed by atoms with van der Waals surface area (Å²) in [7, 11) is -3.62. The molecule has 30 heavy (non-hydrogen) atoms. The molecule has 1 fully saturated rings. The molecule has 2 aromatic rings. The molecular weight excluding hydrogens is 409 g/mol. The third kappa shape index (κ3) is 6.01. The van der Waals surface area contributed by atoms with Gasteiger partial charge in [-0.1, -0.05) is 17.7 Å². The molecule has 1 saturated heterocycles. The summed E-state index contributed by atoms with van der Waals surface area (Å²) in [5.41, 5.74) is 1.12. The lowest BCUT2D eigenvalue weighted by atomic mass is 10.2. The Kier molecular flexibility index (Phi) is 7.41. The summed E-state index contributed by atoms with van der Waals surface area (Å²) < 4.78 is 45.2. The predicted molar refractivity (Wildman–Crippen MR) is 111 cm³/mol. The van der Waals surface area contributed by atoms with E-state index in [4.69, 9.17) is 4.74 Å². The number of halogens is 1. The van der Waals surface area contributed by atoms with Gasteiger partial charge in [0.2, 0.25) is 10.0 Å². The third-order valence-corrected chi connectivity index (χ3v) is 6.84. The van der Waals surface area contributed by atoms with Crippen LogP contribution in [0.3, 0.4) is 0 Å². The molecule has 0 aliphatic carbocycles. The normalized spacial score (nSPS) is 15.7. The average molecular weight is 436 g/mol. The topological polar surface area (TPSA) is 79.0 Å². The monoisotopic (exact) mass is 435 g/mol. The Morgan fingerprint density at radius 3 is 2.30 bits per heavy atom. The van der Waals surface area contributed by atoms with Gasteiger partial charge < -0.3 is 10.1 Å². The molecule has 0 atom stereocenters. The van der Waals surface area contributed by atoms with Gasteiger partial charge in [-0.3, -0.25) is 9.69 Å². The van der Waals surface area contributed by atoms with E-state index in [0.29, 0.717) is 45.0 Å². The van der Waals surface area contributed by atoms with Crippen molar-refractivity contribution in [3.63, 3.8) is 0 Å². The zero-order chi connectivity index (χ0) is 21.6. The summed E-state index contributed by atoms with van der Waals surface area (Å²) in [6.45, 7) is 4.85. The SMILES string of the molecule is Cc1ccc(OCC(=O)NCCN2CCN(S(=O)(=O)c3ccc(F)cc3)CC2)cc1. The Balaban J connectivity index is 1.37. The summed E-state index contributed by atoms with van der Waals surface area (Å²) >= 11 is 0. The molecule has 3 rings (SSSR count). The van der Waals surface area contributed by atoms with E-state index in [2.05, 4.69) is 10.2 Å². The number of nitrogens with one attached hydrogen (secondary N) is 1. The molecule has 0 aromatic heterocycles. The number of hydrogen-bond donors (Lipinski definition) is 1. The van der Waals surface area contributed by atoms with Gasteiger partial charge in [0.05, 0.1) is 4.90 Å². The van der Waals surface area contributed by atoms with Gasteiger partial charge in [0.15, 0.2) is 6.61 Å². The molecule has 162 valence electrons. The fourth-order valence-corrected chi connectivity index (χ4v) is 4.56. The molecule has 2 aromatic carbocycles. The number of amides is 1. The molecule has 0 spiro atoms. The van der Waals surface area contributed by atoms with Crippen molar-refractivity contribution < 1.29 is 22.3 Å². The number of sulfonamides is 1. The smallest absolute Gasteiger partial charge is 0.257 e. The van der Waals surface area contributed by atoms with Crippen LogP contribution in [0.5, 0.6) is 5.75 Å². The third-order valence-electron chi connectivity index (χ3n) is 4.92. The van der Waals surface area contributed by atoms with Crippen LogP contribution in [0.25, 0.3) is 0 Å². The number of ether oxygens (including phenoxy) is 1. The van der Waals surface area contributed by atoms with Crippen LogP contribution in [0, 0.1) is 12.7 Å². The van der Waals surface area contributed by atoms with Crippen molar-refractivity contribution >= 4 is 15.9 Å². The average Bonchev–Trinajstić information content (AvgIpc) is 2.74. The summed E-state index contributed by atoms with van der Waals surface area (Å²) in [4.78, 5) is 14.1. The minimum absolute atomic E-state index is 0.0489. The van der Waals surface area contributed by atoms with E-state index in [1.165, 1.54) is 16.4 Å². The van der Waals surface area contributed by atoms with E-state index in [1.807, 2.05) is 31.2 Å². The number of aryl methyl sites for hydroxylation is 1. The van der Waals surface area contributed by atoms with Gasteiger partial charge in [-0.05, 0) is 43.3 Å². The number of piperazine rings is 1. The van der Waals surface area contributed by atoms with Crippen LogP contribution in [0.15, 0.2) is 53.4 Å². The Labute approximate surface area is 176 Å². The van der Waals surface area contributed by atoms with Crippen molar-refractivity contribution in [1.29, 1.82) is 0 Å². The lowest BCUT2D eigenvalue weighted by Crippen LogP contribution is -2.50. The minimum Gasteiger partial charge on any atom is -0.484 e. The van der Waals surface area contributed by atoms with Crippen molar-refractivity contribution in [2.24, 2.45) is 0 Å². The fraction of sp³-hybridized carbons (Fsp3) is 0.381. The van der Waals surface area contributed by atoms with Gasteiger partial charge in [-0.2, -0.15) is 4.31 Å². The summed E-state index contributed by atoms with van der Waals surface area (Å²) in [6.07, 6.45) is 0. The fourth-order valence-electron chi connectivity index (χ4n) is 3.14. The Morgan fingerprint density at radius 2 is 1.67 bits per heavy atom. The van der Waals surface area contributed by atoms with Crippen molar-refractivity contribution in [1.82, 2.24) is 14.5 Å². The first-order valence-corrected chi connectivity index (χ1v) is 11.2. The molecule has 9 heteroatoms. The van der Waals surface area contributed by atoms with E-state index in [9.17, 15) is 17.6 Å². The molecule has 0 unspecified atom stereocenters. The van der Waals surface area contributed by atoms with Gasteiger partial charge in [-0.15, -0.1) is 0 Å². The lowest BCUT2D eigenvalue weighted by Gasteiger charge is -2.33. The summed E-state index contributed by atoms with van der Waals surface area (Å²) in [5, 5.41) is 2.81. The highest BCUT2D eigenvalue weighted by atomic mass is 32.2. The highest BCUT2D eigenvalue weighted by molar-refractivity contribution is 7.89. The maximum Gasteiger partial charge on any atom is 0.257 e. The lowest BCUT2D eigenvalue weighted by molar-refractivity contribution is -0.123. The molecule has 1 aliphatic rings.